The van der Waals surface area contributed by atoms with Crippen molar-refractivity contribution < 1.29 is 13.9 Å². The zero-order chi connectivity index (χ0) is 12.8. The fourth-order valence-corrected chi connectivity index (χ4v) is 2.30. The summed E-state index contributed by atoms with van der Waals surface area (Å²) in [6.45, 7) is 3.13. The van der Waals surface area contributed by atoms with Gasteiger partial charge in [-0.1, -0.05) is 6.07 Å². The van der Waals surface area contributed by atoms with Crippen molar-refractivity contribution in [2.45, 2.75) is 20.0 Å². The van der Waals surface area contributed by atoms with Crippen LogP contribution in [0.3, 0.4) is 0 Å². The van der Waals surface area contributed by atoms with E-state index in [0.717, 1.165) is 10.6 Å². The van der Waals surface area contributed by atoms with E-state index in [4.69, 9.17) is 9.15 Å². The molecule has 2 rings (SSSR count). The second-order valence-corrected chi connectivity index (χ2v) is 4.75. The van der Waals surface area contributed by atoms with Crippen molar-refractivity contribution in [2.75, 3.05) is 6.61 Å². The van der Waals surface area contributed by atoms with E-state index in [2.05, 4.69) is 0 Å². The summed E-state index contributed by atoms with van der Waals surface area (Å²) in [7, 11) is 0. The fourth-order valence-electron chi connectivity index (χ4n) is 1.58. The van der Waals surface area contributed by atoms with Gasteiger partial charge in [0.25, 0.3) is 0 Å². The van der Waals surface area contributed by atoms with Gasteiger partial charge in [-0.25, -0.2) is 4.79 Å². The third-order valence-corrected chi connectivity index (χ3v) is 3.24. The van der Waals surface area contributed by atoms with E-state index in [9.17, 15) is 4.79 Å². The van der Waals surface area contributed by atoms with E-state index in [1.807, 2.05) is 29.6 Å². The average Bonchev–Trinajstić information content (AvgIpc) is 3.01. The van der Waals surface area contributed by atoms with Crippen molar-refractivity contribution in [2.24, 2.45) is 0 Å². The van der Waals surface area contributed by atoms with E-state index < -0.39 is 0 Å². The van der Waals surface area contributed by atoms with Crippen LogP contribution in [0.15, 0.2) is 40.3 Å². The summed E-state index contributed by atoms with van der Waals surface area (Å²) in [6.07, 6.45) is 1.28. The quantitative estimate of drug-likeness (QED) is 0.831. The molecule has 0 aliphatic rings. The molecule has 2 aromatic heterocycles. The Morgan fingerprint density at radius 1 is 1.39 bits per heavy atom. The summed E-state index contributed by atoms with van der Waals surface area (Å²) in [5.41, 5.74) is 0. The molecule has 2 aromatic rings. The summed E-state index contributed by atoms with van der Waals surface area (Å²) >= 11 is 1.62. The Bertz CT molecular complexity index is 428. The highest BCUT2D eigenvalue weighted by Crippen LogP contribution is 2.15. The van der Waals surface area contributed by atoms with Gasteiger partial charge in [-0.15, -0.1) is 11.3 Å². The van der Waals surface area contributed by atoms with Gasteiger partial charge in [-0.2, -0.15) is 0 Å². The van der Waals surface area contributed by atoms with Crippen LogP contribution in [0.2, 0.25) is 0 Å². The van der Waals surface area contributed by atoms with Crippen LogP contribution >= 0.6 is 11.3 Å². The molecule has 0 atom stereocenters. The van der Waals surface area contributed by atoms with Gasteiger partial charge in [0.1, 0.15) is 5.76 Å². The van der Waals surface area contributed by atoms with Gasteiger partial charge in [-0.3, -0.25) is 4.90 Å². The molecule has 0 saturated heterocycles. The average molecular weight is 265 g/mol. The highest BCUT2D eigenvalue weighted by molar-refractivity contribution is 7.09. The lowest BCUT2D eigenvalue weighted by Crippen LogP contribution is -2.30. The summed E-state index contributed by atoms with van der Waals surface area (Å²) in [5.74, 6) is 0.750. The highest BCUT2D eigenvalue weighted by Gasteiger charge is 2.17. The Balaban J connectivity index is 2.04. The highest BCUT2D eigenvalue weighted by atomic mass is 32.1. The smallest absolute Gasteiger partial charge is 0.410 e. The first-order chi connectivity index (χ1) is 8.79. The number of rotatable bonds is 5. The van der Waals surface area contributed by atoms with Crippen LogP contribution in [0, 0.1) is 0 Å². The van der Waals surface area contributed by atoms with Crippen LogP contribution in [-0.2, 0) is 17.8 Å². The molecular weight excluding hydrogens is 250 g/mol. The lowest BCUT2D eigenvalue weighted by molar-refractivity contribution is 0.0992. The van der Waals surface area contributed by atoms with Gasteiger partial charge in [0.15, 0.2) is 0 Å². The van der Waals surface area contributed by atoms with Crippen LogP contribution in [0.5, 0.6) is 0 Å². The Morgan fingerprint density at radius 2 is 2.28 bits per heavy atom. The van der Waals surface area contributed by atoms with E-state index in [1.54, 1.807) is 29.4 Å². The number of ether oxygens (including phenoxy) is 1. The normalized spacial score (nSPS) is 10.3. The first-order valence-corrected chi connectivity index (χ1v) is 6.64. The standard InChI is InChI=1S/C13H15NO3S/c1-2-16-13(15)14(9-11-5-3-7-17-11)10-12-6-4-8-18-12/h3-8H,2,9-10H2,1H3. The number of hydrogen-bond acceptors (Lipinski definition) is 4. The minimum absolute atomic E-state index is 0.317. The number of nitrogens with zero attached hydrogens (tertiary/aromatic N) is 1. The predicted octanol–water partition coefficient (Wildman–Crippen LogP) is 3.50. The largest absolute Gasteiger partial charge is 0.467 e. The maximum absolute atomic E-state index is 11.9. The van der Waals surface area contributed by atoms with Crippen molar-refractivity contribution >= 4 is 17.4 Å². The zero-order valence-electron chi connectivity index (χ0n) is 10.2. The molecule has 0 fully saturated rings. The van der Waals surface area contributed by atoms with Gasteiger partial charge in [0, 0.05) is 4.88 Å². The summed E-state index contributed by atoms with van der Waals surface area (Å²) in [5, 5.41) is 1.99. The Hall–Kier alpha value is -1.75. The minimum atomic E-state index is -0.317. The molecule has 0 aliphatic carbocycles. The van der Waals surface area contributed by atoms with Crippen molar-refractivity contribution in [3.63, 3.8) is 0 Å². The number of amides is 1. The number of thiophene rings is 1. The molecule has 0 unspecified atom stereocenters. The number of hydrogen-bond donors (Lipinski definition) is 0. The molecular formula is C13H15NO3S. The van der Waals surface area contributed by atoms with Gasteiger partial charge < -0.3 is 9.15 Å². The lowest BCUT2D eigenvalue weighted by Gasteiger charge is -2.20. The molecule has 1 amide bonds. The van der Waals surface area contributed by atoms with Crippen LogP contribution in [-0.4, -0.2) is 17.6 Å². The Kier molecular flexibility index (Phi) is 4.41. The molecule has 96 valence electrons. The topological polar surface area (TPSA) is 42.7 Å². The fraction of sp³-hybridized carbons (Fsp3) is 0.308. The van der Waals surface area contributed by atoms with E-state index in [-0.39, 0.29) is 6.09 Å². The molecule has 0 spiro atoms. The van der Waals surface area contributed by atoms with Gasteiger partial charge >= 0.3 is 6.09 Å². The molecule has 18 heavy (non-hydrogen) atoms. The molecule has 0 N–H and O–H groups in total. The van der Waals surface area contributed by atoms with E-state index >= 15 is 0 Å². The molecule has 0 radical (unpaired) electrons. The SMILES string of the molecule is CCOC(=O)N(Cc1ccco1)Cc1cccs1. The summed E-state index contributed by atoms with van der Waals surface area (Å²) < 4.78 is 10.3. The second kappa shape index (κ2) is 6.26. The summed E-state index contributed by atoms with van der Waals surface area (Å²) in [4.78, 5) is 14.6. The van der Waals surface area contributed by atoms with Crippen molar-refractivity contribution in [1.82, 2.24) is 4.90 Å². The third kappa shape index (κ3) is 3.37. The first kappa shape index (κ1) is 12.7. The maximum Gasteiger partial charge on any atom is 0.410 e. The van der Waals surface area contributed by atoms with E-state index in [0.29, 0.717) is 19.7 Å². The van der Waals surface area contributed by atoms with Crippen molar-refractivity contribution in [1.29, 1.82) is 0 Å². The van der Waals surface area contributed by atoms with Crippen molar-refractivity contribution in [3.8, 4) is 0 Å². The number of furan rings is 1. The molecule has 5 heteroatoms. The minimum Gasteiger partial charge on any atom is -0.467 e. The van der Waals surface area contributed by atoms with Crippen LogP contribution in [0.1, 0.15) is 17.6 Å². The molecule has 4 nitrogen and oxygen atoms in total. The molecule has 0 aromatic carbocycles. The Morgan fingerprint density at radius 3 is 2.89 bits per heavy atom. The lowest BCUT2D eigenvalue weighted by atomic mass is 10.4. The third-order valence-electron chi connectivity index (χ3n) is 2.38. The second-order valence-electron chi connectivity index (χ2n) is 3.71. The van der Waals surface area contributed by atoms with Gasteiger partial charge in [0.2, 0.25) is 0 Å². The van der Waals surface area contributed by atoms with Crippen LogP contribution in [0.4, 0.5) is 4.79 Å². The molecule has 0 bridgehead atoms. The number of carbonyl (C=O) groups is 1. The predicted molar refractivity (Wildman–Crippen MR) is 69.3 cm³/mol. The van der Waals surface area contributed by atoms with E-state index in [1.165, 1.54) is 0 Å². The molecule has 0 saturated carbocycles. The number of carbonyl (C=O) groups excluding carboxylic acids is 1. The molecule has 0 aliphatic heterocycles. The maximum atomic E-state index is 11.9. The van der Waals surface area contributed by atoms with Crippen molar-refractivity contribution in [3.05, 3.63) is 46.5 Å². The van der Waals surface area contributed by atoms with Gasteiger partial charge in [-0.05, 0) is 30.5 Å². The zero-order valence-corrected chi connectivity index (χ0v) is 11.0. The van der Waals surface area contributed by atoms with Crippen LogP contribution in [0.25, 0.3) is 0 Å². The monoisotopic (exact) mass is 265 g/mol. The Labute approximate surface area is 110 Å². The molecule has 2 heterocycles. The van der Waals surface area contributed by atoms with Crippen LogP contribution < -0.4 is 0 Å². The first-order valence-electron chi connectivity index (χ1n) is 5.76. The van der Waals surface area contributed by atoms with Gasteiger partial charge in [0.05, 0.1) is 26.0 Å². The summed E-state index contributed by atoms with van der Waals surface area (Å²) in [6, 6.07) is 7.62.